The second kappa shape index (κ2) is 5.98. The molecule has 0 aliphatic carbocycles. The van der Waals surface area contributed by atoms with Gasteiger partial charge in [-0.3, -0.25) is 0 Å². The first kappa shape index (κ1) is 17.1. The number of pyridine rings is 2. The molecule has 5 heteroatoms. The van der Waals surface area contributed by atoms with Crippen LogP contribution in [0.25, 0.3) is 21.5 Å². The molecule has 31 heavy (non-hydrogen) atoms. The summed E-state index contributed by atoms with van der Waals surface area (Å²) in [6.45, 7) is 0.142. The van der Waals surface area contributed by atoms with Gasteiger partial charge in [0.1, 0.15) is 20.4 Å². The number of fused-ring (bicyclic) bond motifs is 8. The van der Waals surface area contributed by atoms with Crippen LogP contribution >= 0.6 is 0 Å². The molecule has 0 atom stereocenters. The van der Waals surface area contributed by atoms with E-state index < -0.39 is 0 Å². The summed E-state index contributed by atoms with van der Waals surface area (Å²) in [5.41, 5.74) is 9.20. The van der Waals surface area contributed by atoms with Gasteiger partial charge in [0.25, 0.3) is 0 Å². The standard InChI is InChI=1S/C26H21BN4/c1-30-13-16-7-3-5-9-18(16)20-11-22-24-23(29-15-28-22)12-21-19-10-6-4-8-17(19)14-31(2)26(21)27(24)25(20)30/h3-10,13-15H,11-12H2,1-2H3/q+2. The maximum Gasteiger partial charge on any atom is 0.410 e. The maximum atomic E-state index is 4.78. The van der Waals surface area contributed by atoms with E-state index in [9.17, 15) is 0 Å². The molecule has 3 aromatic heterocycles. The Hall–Kier alpha value is -3.60. The molecule has 0 radical (unpaired) electrons. The Labute approximate surface area is 180 Å². The SMILES string of the molecule is C[n+]1cc2ccccc2c2c1B1c3c(ncnc3Cc3c1[n+](C)cc1ccccc31)C2. The van der Waals surface area contributed by atoms with Gasteiger partial charge in [0.2, 0.25) is 0 Å². The zero-order valence-corrected chi connectivity index (χ0v) is 17.6. The van der Waals surface area contributed by atoms with Crippen LogP contribution in [0, 0.1) is 0 Å². The Morgan fingerprint density at radius 1 is 0.710 bits per heavy atom. The number of aryl methyl sites for hydroxylation is 2. The molecule has 0 spiro atoms. The van der Waals surface area contributed by atoms with Gasteiger partial charge < -0.3 is 0 Å². The van der Waals surface area contributed by atoms with E-state index >= 15 is 0 Å². The van der Waals surface area contributed by atoms with Crippen LogP contribution in [0.2, 0.25) is 0 Å². The molecule has 7 rings (SSSR count). The van der Waals surface area contributed by atoms with Crippen LogP contribution in [-0.4, -0.2) is 16.7 Å². The Kier molecular flexibility index (Phi) is 3.30. The second-order valence-corrected chi connectivity index (χ2v) is 8.85. The zero-order valence-electron chi connectivity index (χ0n) is 17.6. The van der Waals surface area contributed by atoms with E-state index in [1.54, 1.807) is 6.33 Å². The van der Waals surface area contributed by atoms with Gasteiger partial charge in [-0.25, -0.2) is 19.1 Å². The average molecular weight is 400 g/mol. The van der Waals surface area contributed by atoms with Gasteiger partial charge in [-0.2, -0.15) is 0 Å². The highest BCUT2D eigenvalue weighted by atomic mass is 15.0. The van der Waals surface area contributed by atoms with Crippen LogP contribution in [0.4, 0.5) is 0 Å². The maximum absolute atomic E-state index is 4.78. The summed E-state index contributed by atoms with van der Waals surface area (Å²) in [6, 6.07) is 17.5. The van der Waals surface area contributed by atoms with Crippen LogP contribution in [0.15, 0.2) is 67.3 Å². The molecule has 2 aliphatic rings. The van der Waals surface area contributed by atoms with Crippen LogP contribution in [0.3, 0.4) is 0 Å². The second-order valence-electron chi connectivity index (χ2n) is 8.85. The molecule has 4 nitrogen and oxygen atoms in total. The Morgan fingerprint density at radius 2 is 1.19 bits per heavy atom. The van der Waals surface area contributed by atoms with Crippen molar-refractivity contribution < 1.29 is 9.13 Å². The van der Waals surface area contributed by atoms with E-state index in [0.717, 1.165) is 12.8 Å². The third-order valence-corrected chi connectivity index (χ3v) is 7.19. The van der Waals surface area contributed by atoms with Crippen molar-refractivity contribution in [2.45, 2.75) is 12.8 Å². The van der Waals surface area contributed by atoms with Gasteiger partial charge in [0, 0.05) is 46.1 Å². The van der Waals surface area contributed by atoms with Crippen molar-refractivity contribution in [3.63, 3.8) is 0 Å². The largest absolute Gasteiger partial charge is 0.410 e. The van der Waals surface area contributed by atoms with Crippen LogP contribution in [-0.2, 0) is 26.9 Å². The number of hydrogen-bond acceptors (Lipinski definition) is 2. The van der Waals surface area contributed by atoms with Gasteiger partial charge in [-0.1, -0.05) is 36.4 Å². The molecule has 2 aliphatic heterocycles. The van der Waals surface area contributed by atoms with Gasteiger partial charge in [-0.15, -0.1) is 0 Å². The Morgan fingerprint density at radius 3 is 1.71 bits per heavy atom. The zero-order chi connectivity index (χ0) is 20.7. The monoisotopic (exact) mass is 400 g/mol. The van der Waals surface area contributed by atoms with Gasteiger partial charge in [0.15, 0.2) is 23.6 Å². The molecule has 0 saturated carbocycles. The van der Waals surface area contributed by atoms with Crippen LogP contribution in [0.5, 0.6) is 0 Å². The first-order chi connectivity index (χ1) is 15.2. The van der Waals surface area contributed by atoms with Crippen LogP contribution < -0.4 is 25.8 Å². The lowest BCUT2D eigenvalue weighted by Crippen LogP contribution is -2.75. The quantitative estimate of drug-likeness (QED) is 0.278. The molecule has 0 bridgehead atoms. The highest BCUT2D eigenvalue weighted by Crippen LogP contribution is 2.26. The lowest BCUT2D eigenvalue weighted by Gasteiger charge is -2.28. The number of nitrogens with zero attached hydrogens (tertiary/aromatic N) is 4. The minimum Gasteiger partial charge on any atom is -0.242 e. The Bertz CT molecular complexity index is 1460. The topological polar surface area (TPSA) is 33.5 Å². The number of hydrogen-bond donors (Lipinski definition) is 0. The Balaban J connectivity index is 1.65. The molecule has 0 unspecified atom stereocenters. The highest BCUT2D eigenvalue weighted by Gasteiger charge is 2.50. The third-order valence-electron chi connectivity index (χ3n) is 7.19. The summed E-state index contributed by atoms with van der Waals surface area (Å²) < 4.78 is 4.68. The minimum atomic E-state index is 0.142. The minimum absolute atomic E-state index is 0.142. The fourth-order valence-corrected chi connectivity index (χ4v) is 5.98. The molecule has 146 valence electrons. The van der Waals surface area contributed by atoms with Crippen molar-refractivity contribution in [2.24, 2.45) is 14.1 Å². The molecular weight excluding hydrogens is 379 g/mol. The van der Waals surface area contributed by atoms with Crippen molar-refractivity contribution in [1.82, 2.24) is 9.97 Å². The highest BCUT2D eigenvalue weighted by molar-refractivity contribution is 6.95. The van der Waals surface area contributed by atoms with Crippen molar-refractivity contribution in [3.8, 4) is 0 Å². The summed E-state index contributed by atoms with van der Waals surface area (Å²) in [6.07, 6.45) is 8.03. The number of aromatic nitrogens is 4. The van der Waals surface area contributed by atoms with Crippen molar-refractivity contribution >= 4 is 44.9 Å². The average Bonchev–Trinajstić information content (AvgIpc) is 2.79. The van der Waals surface area contributed by atoms with Gasteiger partial charge in [-0.05, 0) is 28.4 Å². The van der Waals surface area contributed by atoms with E-state index in [-0.39, 0.29) is 6.71 Å². The summed E-state index contributed by atoms with van der Waals surface area (Å²) in [7, 11) is 4.38. The molecule has 0 amide bonds. The first-order valence-corrected chi connectivity index (χ1v) is 10.8. The lowest BCUT2D eigenvalue weighted by atomic mass is 9.34. The lowest BCUT2D eigenvalue weighted by molar-refractivity contribution is -0.657. The number of benzene rings is 2. The van der Waals surface area contributed by atoms with Crippen molar-refractivity contribution in [1.29, 1.82) is 0 Å². The molecular formula is C26H21BN4+2. The van der Waals surface area contributed by atoms with Crippen molar-refractivity contribution in [2.75, 3.05) is 0 Å². The van der Waals surface area contributed by atoms with E-state index in [0.29, 0.717) is 0 Å². The van der Waals surface area contributed by atoms with E-state index in [1.807, 2.05) is 0 Å². The number of rotatable bonds is 0. The molecule has 0 saturated heterocycles. The summed E-state index contributed by atoms with van der Waals surface area (Å²) >= 11 is 0. The molecule has 5 heterocycles. The first-order valence-electron chi connectivity index (χ1n) is 10.8. The fraction of sp³-hybridized carbons (Fsp3) is 0.154. The van der Waals surface area contributed by atoms with E-state index in [1.165, 1.54) is 60.7 Å². The van der Waals surface area contributed by atoms with Gasteiger partial charge in [0.05, 0.1) is 0 Å². The third kappa shape index (κ3) is 2.21. The molecule has 2 aromatic carbocycles. The van der Waals surface area contributed by atoms with Gasteiger partial charge >= 0.3 is 6.71 Å². The van der Waals surface area contributed by atoms with Crippen molar-refractivity contribution in [3.05, 3.63) is 89.8 Å². The fourth-order valence-electron chi connectivity index (χ4n) is 5.98. The molecule has 0 fully saturated rings. The van der Waals surface area contributed by atoms with E-state index in [2.05, 4.69) is 84.2 Å². The summed E-state index contributed by atoms with van der Waals surface area (Å²) in [4.78, 5) is 9.57. The summed E-state index contributed by atoms with van der Waals surface area (Å²) in [5.74, 6) is 0. The normalized spacial score (nSPS) is 13.8. The molecule has 5 aromatic rings. The smallest absolute Gasteiger partial charge is 0.242 e. The van der Waals surface area contributed by atoms with E-state index in [4.69, 9.17) is 9.97 Å². The predicted molar refractivity (Wildman–Crippen MR) is 123 cm³/mol. The predicted octanol–water partition coefficient (Wildman–Crippen LogP) is 0.757. The molecule has 0 N–H and O–H groups in total. The van der Waals surface area contributed by atoms with Crippen LogP contribution in [0.1, 0.15) is 22.5 Å². The summed E-state index contributed by atoms with van der Waals surface area (Å²) in [5, 5.41) is 5.22.